The predicted molar refractivity (Wildman–Crippen MR) is 105 cm³/mol. The van der Waals surface area contributed by atoms with Crippen molar-refractivity contribution in [1.82, 2.24) is 5.32 Å². The van der Waals surface area contributed by atoms with Crippen LogP contribution in [0.1, 0.15) is 11.1 Å². The first kappa shape index (κ1) is 19.2. The summed E-state index contributed by atoms with van der Waals surface area (Å²) in [6.07, 6.45) is 0. The van der Waals surface area contributed by atoms with Crippen molar-refractivity contribution in [2.24, 2.45) is 0 Å². The van der Waals surface area contributed by atoms with E-state index in [-0.39, 0.29) is 5.91 Å². The summed E-state index contributed by atoms with van der Waals surface area (Å²) < 4.78 is 0. The Morgan fingerprint density at radius 3 is 2.27 bits per heavy atom. The van der Waals surface area contributed by atoms with Crippen LogP contribution in [0, 0.1) is 0 Å². The number of halogens is 2. The summed E-state index contributed by atoms with van der Waals surface area (Å²) in [6.45, 7) is 6.22. The van der Waals surface area contributed by atoms with Crippen LogP contribution in [-0.2, 0) is 17.9 Å². The number of quaternary nitrogens is 2. The van der Waals surface area contributed by atoms with Crippen molar-refractivity contribution in [3.8, 4) is 0 Å². The van der Waals surface area contributed by atoms with Gasteiger partial charge in [-0.05, 0) is 23.8 Å². The molecule has 0 atom stereocenters. The third kappa shape index (κ3) is 5.71. The van der Waals surface area contributed by atoms with Gasteiger partial charge in [0.05, 0.1) is 0 Å². The molecule has 138 valence electrons. The number of piperazine rings is 1. The lowest BCUT2D eigenvalue weighted by atomic mass is 10.2. The Morgan fingerprint density at radius 2 is 1.58 bits per heavy atom. The number of carbonyl (C=O) groups excluding carboxylic acids is 1. The maximum Gasteiger partial charge on any atom is 0.275 e. The molecule has 0 bridgehead atoms. The van der Waals surface area contributed by atoms with Gasteiger partial charge < -0.3 is 15.1 Å². The molecule has 1 saturated heterocycles. The Labute approximate surface area is 164 Å². The average Bonchev–Trinajstić information content (AvgIpc) is 2.64. The van der Waals surface area contributed by atoms with Gasteiger partial charge in [-0.25, -0.2) is 0 Å². The van der Waals surface area contributed by atoms with E-state index in [9.17, 15) is 4.79 Å². The average molecular weight is 394 g/mol. The highest BCUT2D eigenvalue weighted by Crippen LogP contribution is 2.14. The van der Waals surface area contributed by atoms with E-state index in [1.165, 1.54) is 10.5 Å². The van der Waals surface area contributed by atoms with Gasteiger partial charge in [-0.15, -0.1) is 0 Å². The van der Waals surface area contributed by atoms with Crippen LogP contribution in [-0.4, -0.2) is 38.6 Å². The Kier molecular flexibility index (Phi) is 6.92. The van der Waals surface area contributed by atoms with Crippen molar-refractivity contribution < 1.29 is 14.6 Å². The van der Waals surface area contributed by atoms with E-state index in [0.717, 1.165) is 43.3 Å². The van der Waals surface area contributed by atoms with Crippen molar-refractivity contribution in [3.63, 3.8) is 0 Å². The Hall–Kier alpha value is -1.59. The first-order valence-electron chi connectivity index (χ1n) is 9.02. The van der Waals surface area contributed by atoms with Crippen molar-refractivity contribution in [2.45, 2.75) is 13.1 Å². The van der Waals surface area contributed by atoms with Crippen molar-refractivity contribution >= 4 is 29.1 Å². The smallest absolute Gasteiger partial charge is 0.275 e. The normalized spacial score (nSPS) is 19.9. The topological polar surface area (TPSA) is 38.0 Å². The molecule has 1 aliphatic rings. The zero-order valence-electron chi connectivity index (χ0n) is 14.7. The lowest BCUT2D eigenvalue weighted by Crippen LogP contribution is -3.28. The zero-order chi connectivity index (χ0) is 18.4. The number of nitrogens with one attached hydrogen (secondary N) is 3. The SMILES string of the molecule is O=C(C[NH+]1CC[NH+](Cc2ccc(Cl)cc2)CC1)NCc1ccccc1Cl. The second-order valence-corrected chi connectivity index (χ2v) is 7.69. The lowest BCUT2D eigenvalue weighted by Gasteiger charge is -2.29. The first-order chi connectivity index (χ1) is 12.6. The minimum Gasteiger partial charge on any atom is -0.347 e. The minimum absolute atomic E-state index is 0.0843. The molecule has 0 saturated carbocycles. The predicted octanol–water partition coefficient (Wildman–Crippen LogP) is 0.593. The molecule has 1 aliphatic heterocycles. The molecule has 2 aromatic carbocycles. The van der Waals surface area contributed by atoms with Crippen LogP contribution in [0.3, 0.4) is 0 Å². The summed E-state index contributed by atoms with van der Waals surface area (Å²) in [5.74, 6) is 0.0843. The van der Waals surface area contributed by atoms with Gasteiger partial charge in [-0.1, -0.05) is 53.5 Å². The van der Waals surface area contributed by atoms with Crippen LogP contribution >= 0.6 is 23.2 Å². The van der Waals surface area contributed by atoms with Gasteiger partial charge in [0.25, 0.3) is 5.91 Å². The van der Waals surface area contributed by atoms with E-state index >= 15 is 0 Å². The number of carbonyl (C=O) groups is 1. The Balaban J connectivity index is 1.38. The van der Waals surface area contributed by atoms with Gasteiger partial charge in [0, 0.05) is 22.2 Å². The fraction of sp³-hybridized carbons (Fsp3) is 0.350. The lowest BCUT2D eigenvalue weighted by molar-refractivity contribution is -1.02. The van der Waals surface area contributed by atoms with E-state index in [1.54, 1.807) is 4.90 Å². The van der Waals surface area contributed by atoms with Crippen LogP contribution in [0.4, 0.5) is 0 Å². The van der Waals surface area contributed by atoms with Crippen LogP contribution in [0.25, 0.3) is 0 Å². The van der Waals surface area contributed by atoms with Gasteiger partial charge in [-0.3, -0.25) is 4.79 Å². The van der Waals surface area contributed by atoms with E-state index < -0.39 is 0 Å². The molecule has 26 heavy (non-hydrogen) atoms. The molecule has 2 aromatic rings. The highest BCUT2D eigenvalue weighted by molar-refractivity contribution is 6.31. The monoisotopic (exact) mass is 393 g/mol. The molecule has 0 spiro atoms. The number of rotatable bonds is 6. The molecule has 1 fully saturated rings. The molecule has 3 rings (SSSR count). The number of amides is 1. The molecular formula is C20H25Cl2N3O+2. The minimum atomic E-state index is 0.0843. The van der Waals surface area contributed by atoms with Gasteiger partial charge in [0.2, 0.25) is 0 Å². The summed E-state index contributed by atoms with van der Waals surface area (Å²) in [5.41, 5.74) is 2.26. The van der Waals surface area contributed by atoms with E-state index in [4.69, 9.17) is 23.2 Å². The van der Waals surface area contributed by atoms with Crippen LogP contribution < -0.4 is 15.1 Å². The summed E-state index contributed by atoms with van der Waals surface area (Å²) in [7, 11) is 0. The number of benzene rings is 2. The highest BCUT2D eigenvalue weighted by Gasteiger charge is 2.24. The van der Waals surface area contributed by atoms with Crippen LogP contribution in [0.15, 0.2) is 48.5 Å². The molecule has 4 nitrogen and oxygen atoms in total. The molecule has 0 aromatic heterocycles. The van der Waals surface area contributed by atoms with Gasteiger partial charge in [0.1, 0.15) is 32.7 Å². The van der Waals surface area contributed by atoms with Crippen LogP contribution in [0.2, 0.25) is 10.0 Å². The first-order valence-corrected chi connectivity index (χ1v) is 9.77. The van der Waals surface area contributed by atoms with Crippen LogP contribution in [0.5, 0.6) is 0 Å². The summed E-state index contributed by atoms with van der Waals surface area (Å²) >= 11 is 12.1. The second-order valence-electron chi connectivity index (χ2n) is 6.85. The highest BCUT2D eigenvalue weighted by atomic mass is 35.5. The van der Waals surface area contributed by atoms with E-state index in [0.29, 0.717) is 18.1 Å². The molecule has 1 heterocycles. The standard InChI is InChI=1S/C20H23Cl2N3O/c21-18-7-5-16(6-8-18)14-24-9-11-25(12-10-24)15-20(26)23-13-17-3-1-2-4-19(17)22/h1-8H,9-15H2,(H,23,26)/p+2. The molecule has 6 heteroatoms. The fourth-order valence-corrected chi connectivity index (χ4v) is 3.66. The van der Waals surface area contributed by atoms with Gasteiger partial charge in [0.15, 0.2) is 6.54 Å². The second kappa shape index (κ2) is 9.38. The molecule has 3 N–H and O–H groups in total. The Bertz CT molecular complexity index is 728. The fourth-order valence-electron chi connectivity index (χ4n) is 3.33. The van der Waals surface area contributed by atoms with E-state index in [2.05, 4.69) is 17.4 Å². The Morgan fingerprint density at radius 1 is 0.923 bits per heavy atom. The van der Waals surface area contributed by atoms with Crippen molar-refractivity contribution in [2.75, 3.05) is 32.7 Å². The maximum absolute atomic E-state index is 12.2. The number of hydrogen-bond acceptors (Lipinski definition) is 1. The van der Waals surface area contributed by atoms with Gasteiger partial charge >= 0.3 is 0 Å². The number of hydrogen-bond donors (Lipinski definition) is 3. The third-order valence-electron chi connectivity index (χ3n) is 4.88. The molecule has 1 amide bonds. The summed E-state index contributed by atoms with van der Waals surface area (Å²) in [5, 5.41) is 4.45. The molecule has 0 radical (unpaired) electrons. The molecule has 0 aliphatic carbocycles. The molecule has 0 unspecified atom stereocenters. The summed E-state index contributed by atoms with van der Waals surface area (Å²) in [6, 6.07) is 15.7. The van der Waals surface area contributed by atoms with Crippen molar-refractivity contribution in [1.29, 1.82) is 0 Å². The zero-order valence-corrected chi connectivity index (χ0v) is 16.2. The van der Waals surface area contributed by atoms with Crippen molar-refractivity contribution in [3.05, 3.63) is 69.7 Å². The molecular weight excluding hydrogens is 369 g/mol. The third-order valence-corrected chi connectivity index (χ3v) is 5.50. The largest absolute Gasteiger partial charge is 0.347 e. The quantitative estimate of drug-likeness (QED) is 0.660. The van der Waals surface area contributed by atoms with E-state index in [1.807, 2.05) is 36.4 Å². The van der Waals surface area contributed by atoms with Gasteiger partial charge in [-0.2, -0.15) is 0 Å². The maximum atomic E-state index is 12.2. The summed E-state index contributed by atoms with van der Waals surface area (Å²) in [4.78, 5) is 15.1.